The zero-order valence-corrected chi connectivity index (χ0v) is 15.5. The van der Waals surface area contributed by atoms with Crippen molar-refractivity contribution in [3.63, 3.8) is 0 Å². The van der Waals surface area contributed by atoms with E-state index in [2.05, 4.69) is 10.1 Å². The van der Waals surface area contributed by atoms with Gasteiger partial charge < -0.3 is 9.31 Å². The number of benzene rings is 1. The molecule has 0 bridgehead atoms. The summed E-state index contributed by atoms with van der Waals surface area (Å²) in [6, 6.07) is 14.0. The Morgan fingerprint density at radius 2 is 1.58 bits per heavy atom. The first-order valence-electron chi connectivity index (χ1n) is 8.78. The molecule has 1 saturated heterocycles. The molecule has 3 aromatic rings. The highest BCUT2D eigenvalue weighted by Gasteiger charge is 2.51. The van der Waals surface area contributed by atoms with Crippen LogP contribution in [0.15, 0.2) is 61.1 Å². The molecule has 1 aromatic carbocycles. The lowest BCUT2D eigenvalue weighted by atomic mass is 9.80. The van der Waals surface area contributed by atoms with Gasteiger partial charge >= 0.3 is 7.12 Å². The van der Waals surface area contributed by atoms with Crippen LogP contribution >= 0.6 is 0 Å². The lowest BCUT2D eigenvalue weighted by Crippen LogP contribution is -2.41. The van der Waals surface area contributed by atoms with Crippen molar-refractivity contribution >= 4 is 12.6 Å². The van der Waals surface area contributed by atoms with E-state index in [4.69, 9.17) is 9.31 Å². The molecule has 26 heavy (non-hydrogen) atoms. The zero-order valence-electron chi connectivity index (χ0n) is 15.5. The summed E-state index contributed by atoms with van der Waals surface area (Å²) in [6.45, 7) is 8.19. The Labute approximate surface area is 154 Å². The first-order valence-corrected chi connectivity index (χ1v) is 8.78. The molecule has 4 rings (SSSR count). The van der Waals surface area contributed by atoms with Gasteiger partial charge in [0.25, 0.3) is 0 Å². The molecular formula is C20H22BN3O2. The minimum absolute atomic E-state index is 0.354. The maximum atomic E-state index is 6.08. The largest absolute Gasteiger partial charge is 0.496 e. The molecule has 0 N–H and O–H groups in total. The Kier molecular flexibility index (Phi) is 3.97. The predicted octanol–water partition coefficient (Wildman–Crippen LogP) is 3.23. The predicted molar refractivity (Wildman–Crippen MR) is 103 cm³/mol. The molecule has 0 atom stereocenters. The minimum atomic E-state index is -0.395. The van der Waals surface area contributed by atoms with Crippen LogP contribution in [-0.2, 0) is 9.31 Å². The van der Waals surface area contributed by atoms with Gasteiger partial charge in [0.2, 0.25) is 0 Å². The van der Waals surface area contributed by atoms with Crippen LogP contribution in [-0.4, -0.2) is 33.1 Å². The molecule has 0 aliphatic carbocycles. The summed E-state index contributed by atoms with van der Waals surface area (Å²) >= 11 is 0. The van der Waals surface area contributed by atoms with E-state index in [0.717, 1.165) is 22.4 Å². The molecule has 1 aliphatic heterocycles. The van der Waals surface area contributed by atoms with Crippen molar-refractivity contribution < 1.29 is 9.31 Å². The minimum Gasteiger partial charge on any atom is -0.399 e. The first-order chi connectivity index (χ1) is 12.4. The number of rotatable bonds is 3. The fourth-order valence-corrected chi connectivity index (χ4v) is 2.87. The molecule has 0 unspecified atom stereocenters. The molecule has 5 nitrogen and oxygen atoms in total. The molecule has 0 radical (unpaired) electrons. The van der Waals surface area contributed by atoms with Crippen LogP contribution in [0.1, 0.15) is 27.7 Å². The van der Waals surface area contributed by atoms with Gasteiger partial charge in [0.05, 0.1) is 28.8 Å². The van der Waals surface area contributed by atoms with E-state index in [1.54, 1.807) is 0 Å². The second-order valence-corrected chi connectivity index (χ2v) is 7.57. The second-order valence-electron chi connectivity index (χ2n) is 7.57. The first kappa shape index (κ1) is 17.0. The number of hydrogen-bond acceptors (Lipinski definition) is 4. The maximum Gasteiger partial charge on any atom is 0.496 e. The molecule has 0 saturated carbocycles. The summed E-state index contributed by atoms with van der Waals surface area (Å²) in [6.07, 6.45) is 5.62. The Morgan fingerprint density at radius 1 is 0.885 bits per heavy atom. The third-order valence-corrected chi connectivity index (χ3v) is 5.21. The Morgan fingerprint density at radius 3 is 2.19 bits per heavy atom. The molecule has 0 amide bonds. The summed E-state index contributed by atoms with van der Waals surface area (Å²) in [4.78, 5) is 4.58. The third kappa shape index (κ3) is 2.95. The van der Waals surface area contributed by atoms with E-state index in [0.29, 0.717) is 0 Å². The Bertz CT molecular complexity index is 888. The van der Waals surface area contributed by atoms with Gasteiger partial charge in [-0.15, -0.1) is 0 Å². The van der Waals surface area contributed by atoms with Gasteiger partial charge in [-0.3, -0.25) is 4.98 Å². The van der Waals surface area contributed by atoms with Gasteiger partial charge in [-0.2, -0.15) is 5.10 Å². The number of aromatic nitrogens is 3. The fraction of sp³-hybridized carbons (Fsp3) is 0.300. The normalized spacial score (nSPS) is 18.2. The standard InChI is InChI=1S/C20H22BN3O2/c1-19(2)20(3,4)26-21(25-19)16-10-11-18(22-13-16)15-12-23-24(14-15)17-8-6-5-7-9-17/h5-14H,1-4H3. The van der Waals surface area contributed by atoms with Crippen molar-refractivity contribution in [2.75, 3.05) is 0 Å². The van der Waals surface area contributed by atoms with Crippen LogP contribution in [0, 0.1) is 0 Å². The van der Waals surface area contributed by atoms with Gasteiger partial charge in [-0.25, -0.2) is 4.68 Å². The van der Waals surface area contributed by atoms with Crippen LogP contribution in [0.2, 0.25) is 0 Å². The van der Waals surface area contributed by atoms with Crippen molar-refractivity contribution in [1.29, 1.82) is 0 Å². The summed E-state index contributed by atoms with van der Waals surface area (Å²) < 4.78 is 14.0. The summed E-state index contributed by atoms with van der Waals surface area (Å²) in [7, 11) is -0.395. The average molecular weight is 347 g/mol. The van der Waals surface area contributed by atoms with Crippen LogP contribution < -0.4 is 5.46 Å². The van der Waals surface area contributed by atoms with Gasteiger partial charge in [-0.05, 0) is 45.9 Å². The van der Waals surface area contributed by atoms with Crippen LogP contribution in [0.25, 0.3) is 16.9 Å². The molecule has 0 spiro atoms. The molecule has 132 valence electrons. The molecule has 2 aromatic heterocycles. The smallest absolute Gasteiger partial charge is 0.399 e. The SMILES string of the molecule is CC1(C)OB(c2ccc(-c3cnn(-c4ccccc4)c3)nc2)OC1(C)C. The highest BCUT2D eigenvalue weighted by molar-refractivity contribution is 6.62. The average Bonchev–Trinajstić information content (AvgIpc) is 3.19. The van der Waals surface area contributed by atoms with Gasteiger partial charge in [0.1, 0.15) is 0 Å². The Balaban J connectivity index is 1.55. The summed E-state index contributed by atoms with van der Waals surface area (Å²) in [5.41, 5.74) is 3.07. The van der Waals surface area contributed by atoms with Crippen molar-refractivity contribution in [3.05, 3.63) is 61.1 Å². The molecule has 1 aliphatic rings. The number of para-hydroxylation sites is 1. The quantitative estimate of drug-likeness (QED) is 0.683. The van der Waals surface area contributed by atoms with E-state index in [1.165, 1.54) is 0 Å². The van der Waals surface area contributed by atoms with Crippen LogP contribution in [0.5, 0.6) is 0 Å². The van der Waals surface area contributed by atoms with E-state index in [-0.39, 0.29) is 11.2 Å². The maximum absolute atomic E-state index is 6.08. The lowest BCUT2D eigenvalue weighted by molar-refractivity contribution is 0.00578. The van der Waals surface area contributed by atoms with Crippen molar-refractivity contribution in [2.45, 2.75) is 38.9 Å². The lowest BCUT2D eigenvalue weighted by Gasteiger charge is -2.32. The zero-order chi connectivity index (χ0) is 18.4. The molecule has 3 heterocycles. The van der Waals surface area contributed by atoms with E-state index in [9.17, 15) is 0 Å². The second kappa shape index (κ2) is 6.07. The van der Waals surface area contributed by atoms with E-state index < -0.39 is 7.12 Å². The van der Waals surface area contributed by atoms with Gasteiger partial charge in [-0.1, -0.05) is 24.3 Å². The number of pyridine rings is 1. The third-order valence-electron chi connectivity index (χ3n) is 5.21. The molecule has 6 heteroatoms. The molecular weight excluding hydrogens is 325 g/mol. The van der Waals surface area contributed by atoms with Crippen molar-refractivity contribution in [3.8, 4) is 16.9 Å². The number of hydrogen-bond donors (Lipinski definition) is 0. The van der Waals surface area contributed by atoms with Crippen molar-refractivity contribution in [2.24, 2.45) is 0 Å². The van der Waals surface area contributed by atoms with E-state index >= 15 is 0 Å². The van der Waals surface area contributed by atoms with Gasteiger partial charge in [0, 0.05) is 23.4 Å². The van der Waals surface area contributed by atoms with Crippen LogP contribution in [0.3, 0.4) is 0 Å². The number of nitrogens with zero attached hydrogens (tertiary/aromatic N) is 3. The molecule has 1 fully saturated rings. The Hall–Kier alpha value is -2.44. The van der Waals surface area contributed by atoms with Crippen molar-refractivity contribution in [1.82, 2.24) is 14.8 Å². The summed E-state index contributed by atoms with van der Waals surface area (Å²) in [5.74, 6) is 0. The monoisotopic (exact) mass is 347 g/mol. The fourth-order valence-electron chi connectivity index (χ4n) is 2.87. The highest BCUT2D eigenvalue weighted by Crippen LogP contribution is 2.36. The van der Waals surface area contributed by atoms with E-state index in [1.807, 2.05) is 93.4 Å². The highest BCUT2D eigenvalue weighted by atomic mass is 16.7. The van der Waals surface area contributed by atoms with Gasteiger partial charge in [0.15, 0.2) is 0 Å². The van der Waals surface area contributed by atoms with Crippen LogP contribution in [0.4, 0.5) is 0 Å². The topological polar surface area (TPSA) is 49.2 Å². The summed E-state index contributed by atoms with van der Waals surface area (Å²) in [5, 5.41) is 4.43.